The van der Waals surface area contributed by atoms with Crippen molar-refractivity contribution in [1.82, 2.24) is 15.5 Å². The Hall–Kier alpha value is -2.08. The van der Waals surface area contributed by atoms with Gasteiger partial charge in [0.2, 0.25) is 0 Å². The van der Waals surface area contributed by atoms with Crippen LogP contribution in [0.1, 0.15) is 74.2 Å². The molecular formula is C25H42N4O2. The summed E-state index contributed by atoms with van der Waals surface area (Å²) in [4.78, 5) is 18.4. The molecule has 1 aromatic rings. The third-order valence-corrected chi connectivity index (χ3v) is 5.61. The van der Waals surface area contributed by atoms with E-state index in [1.165, 1.54) is 38.5 Å². The van der Waals surface area contributed by atoms with Crippen LogP contribution < -0.4 is 10.6 Å². The fourth-order valence-corrected chi connectivity index (χ4v) is 3.85. The number of rotatable bonds is 11. The molecule has 0 heterocycles. The molecule has 1 aliphatic rings. The summed E-state index contributed by atoms with van der Waals surface area (Å²) in [5.41, 5.74) is 1.88. The number of ether oxygens (including phenoxy) is 1. The number of amides is 1. The molecule has 0 unspecified atom stereocenters. The van der Waals surface area contributed by atoms with Gasteiger partial charge in [-0.25, -0.2) is 0 Å². The van der Waals surface area contributed by atoms with Crippen LogP contribution in [0.15, 0.2) is 29.3 Å². The Labute approximate surface area is 188 Å². The smallest absolute Gasteiger partial charge is 0.253 e. The summed E-state index contributed by atoms with van der Waals surface area (Å²) >= 11 is 0. The topological polar surface area (TPSA) is 66.0 Å². The van der Waals surface area contributed by atoms with Crippen LogP contribution >= 0.6 is 0 Å². The molecule has 1 aliphatic carbocycles. The first kappa shape index (κ1) is 25.2. The number of guanidine groups is 1. The Balaban J connectivity index is 1.67. The van der Waals surface area contributed by atoms with Crippen molar-refractivity contribution < 1.29 is 9.53 Å². The third-order valence-electron chi connectivity index (χ3n) is 5.61. The van der Waals surface area contributed by atoms with E-state index in [9.17, 15) is 4.79 Å². The van der Waals surface area contributed by atoms with Crippen LogP contribution in [0, 0.1) is 0 Å². The van der Waals surface area contributed by atoms with E-state index in [0.717, 1.165) is 62.6 Å². The van der Waals surface area contributed by atoms with E-state index in [1.807, 2.05) is 18.2 Å². The summed E-state index contributed by atoms with van der Waals surface area (Å²) in [5, 5.41) is 6.71. The minimum atomic E-state index is 0.0349. The summed E-state index contributed by atoms with van der Waals surface area (Å²) in [7, 11) is 3.55. The highest BCUT2D eigenvalue weighted by Crippen LogP contribution is 2.19. The molecule has 0 aromatic heterocycles. The second kappa shape index (κ2) is 14.8. The van der Waals surface area contributed by atoms with Gasteiger partial charge in [-0.2, -0.15) is 0 Å². The van der Waals surface area contributed by atoms with Crippen molar-refractivity contribution >= 4 is 11.9 Å². The lowest BCUT2D eigenvalue weighted by Crippen LogP contribution is -2.38. The number of nitrogens with zero attached hydrogens (tertiary/aromatic N) is 2. The highest BCUT2D eigenvalue weighted by atomic mass is 16.5. The molecular weight excluding hydrogens is 388 g/mol. The summed E-state index contributed by atoms with van der Waals surface area (Å²) in [6, 6.07) is 7.85. The first-order chi connectivity index (χ1) is 15.1. The Kier molecular flexibility index (Phi) is 12.1. The van der Waals surface area contributed by atoms with Gasteiger partial charge in [0, 0.05) is 45.9 Å². The first-order valence-corrected chi connectivity index (χ1v) is 12.0. The van der Waals surface area contributed by atoms with Crippen LogP contribution in [0.5, 0.6) is 0 Å². The fourth-order valence-electron chi connectivity index (χ4n) is 3.85. The number of unbranched alkanes of at least 4 members (excludes halogenated alkanes) is 1. The van der Waals surface area contributed by atoms with Crippen LogP contribution in [0.3, 0.4) is 0 Å². The van der Waals surface area contributed by atoms with E-state index in [0.29, 0.717) is 6.10 Å². The molecule has 1 fully saturated rings. The molecule has 31 heavy (non-hydrogen) atoms. The van der Waals surface area contributed by atoms with Gasteiger partial charge in [0.15, 0.2) is 5.96 Å². The van der Waals surface area contributed by atoms with Crippen LogP contribution in [0.4, 0.5) is 0 Å². The number of carbonyl (C=O) groups excluding carboxylic acids is 1. The van der Waals surface area contributed by atoms with Gasteiger partial charge in [-0.15, -0.1) is 0 Å². The normalized spacial score (nSPS) is 15.4. The molecule has 6 nitrogen and oxygen atoms in total. The van der Waals surface area contributed by atoms with E-state index in [-0.39, 0.29) is 5.91 Å². The largest absolute Gasteiger partial charge is 0.378 e. The van der Waals surface area contributed by atoms with Crippen molar-refractivity contribution in [3.8, 4) is 0 Å². The second-order valence-corrected chi connectivity index (χ2v) is 8.53. The molecule has 0 bridgehead atoms. The quantitative estimate of drug-likeness (QED) is 0.241. The molecule has 0 atom stereocenters. The average molecular weight is 431 g/mol. The zero-order valence-electron chi connectivity index (χ0n) is 19.8. The van der Waals surface area contributed by atoms with Crippen LogP contribution in [-0.4, -0.2) is 63.2 Å². The van der Waals surface area contributed by atoms with Crippen molar-refractivity contribution in [3.05, 3.63) is 35.4 Å². The van der Waals surface area contributed by atoms with Gasteiger partial charge in [-0.05, 0) is 56.7 Å². The molecule has 1 saturated carbocycles. The maximum atomic E-state index is 12.1. The minimum absolute atomic E-state index is 0.0349. The molecule has 0 saturated heterocycles. The zero-order valence-corrected chi connectivity index (χ0v) is 19.8. The summed E-state index contributed by atoms with van der Waals surface area (Å²) in [6.45, 7) is 5.34. The molecule has 174 valence electrons. The van der Waals surface area contributed by atoms with Crippen LogP contribution in [-0.2, 0) is 11.2 Å². The van der Waals surface area contributed by atoms with E-state index in [1.54, 1.807) is 19.0 Å². The van der Waals surface area contributed by atoms with E-state index < -0.39 is 0 Å². The Morgan fingerprint density at radius 1 is 1.13 bits per heavy atom. The van der Waals surface area contributed by atoms with Gasteiger partial charge < -0.3 is 20.3 Å². The third kappa shape index (κ3) is 10.2. The van der Waals surface area contributed by atoms with Crippen LogP contribution in [0.25, 0.3) is 0 Å². The number of hydrogen-bond donors (Lipinski definition) is 2. The maximum Gasteiger partial charge on any atom is 0.253 e. The van der Waals surface area contributed by atoms with Crippen molar-refractivity contribution in [2.75, 3.05) is 40.3 Å². The first-order valence-electron chi connectivity index (χ1n) is 12.0. The molecule has 1 amide bonds. The lowest BCUT2D eigenvalue weighted by molar-refractivity contribution is 0.0413. The molecule has 2 N–H and O–H groups in total. The number of carbonyl (C=O) groups is 1. The molecule has 0 aliphatic heterocycles. The van der Waals surface area contributed by atoms with Gasteiger partial charge in [0.25, 0.3) is 5.91 Å². The Bertz CT molecular complexity index is 667. The molecule has 1 aromatic carbocycles. The summed E-state index contributed by atoms with van der Waals surface area (Å²) in [5.74, 6) is 0.889. The maximum absolute atomic E-state index is 12.1. The molecule has 6 heteroatoms. The van der Waals surface area contributed by atoms with Gasteiger partial charge in [-0.1, -0.05) is 37.8 Å². The Morgan fingerprint density at radius 2 is 1.90 bits per heavy atom. The lowest BCUT2D eigenvalue weighted by Gasteiger charge is -2.15. The van der Waals surface area contributed by atoms with E-state index in [2.05, 4.69) is 23.6 Å². The van der Waals surface area contributed by atoms with Crippen molar-refractivity contribution in [2.24, 2.45) is 4.99 Å². The van der Waals surface area contributed by atoms with Gasteiger partial charge >= 0.3 is 0 Å². The lowest BCUT2D eigenvalue weighted by atomic mass is 10.1. The molecule has 0 radical (unpaired) electrons. The van der Waals surface area contributed by atoms with Gasteiger partial charge in [0.05, 0.1) is 6.10 Å². The number of hydrogen-bond acceptors (Lipinski definition) is 3. The van der Waals surface area contributed by atoms with Crippen LogP contribution in [0.2, 0.25) is 0 Å². The zero-order chi connectivity index (χ0) is 22.3. The monoisotopic (exact) mass is 430 g/mol. The predicted octanol–water partition coefficient (Wildman–Crippen LogP) is 4.01. The van der Waals surface area contributed by atoms with Crippen molar-refractivity contribution in [3.63, 3.8) is 0 Å². The number of aliphatic imine (C=N–C) groups is 1. The van der Waals surface area contributed by atoms with Gasteiger partial charge in [0.1, 0.15) is 0 Å². The molecule has 2 rings (SSSR count). The molecule has 0 spiro atoms. The SMILES string of the molecule is CCNC(=NCCCCOC1CCCCCC1)NCCc1cccc(C(=O)N(C)C)c1. The minimum Gasteiger partial charge on any atom is -0.378 e. The van der Waals surface area contributed by atoms with Crippen molar-refractivity contribution in [1.29, 1.82) is 0 Å². The Morgan fingerprint density at radius 3 is 2.61 bits per heavy atom. The number of nitrogens with one attached hydrogen (secondary N) is 2. The van der Waals surface area contributed by atoms with Gasteiger partial charge in [-0.3, -0.25) is 9.79 Å². The summed E-state index contributed by atoms with van der Waals surface area (Å²) < 4.78 is 6.07. The highest BCUT2D eigenvalue weighted by Gasteiger charge is 2.12. The highest BCUT2D eigenvalue weighted by molar-refractivity contribution is 5.94. The van der Waals surface area contributed by atoms with E-state index >= 15 is 0 Å². The van der Waals surface area contributed by atoms with Crippen molar-refractivity contribution in [2.45, 2.75) is 70.8 Å². The average Bonchev–Trinajstić information content (AvgIpc) is 3.04. The van der Waals surface area contributed by atoms with E-state index in [4.69, 9.17) is 9.73 Å². The summed E-state index contributed by atoms with van der Waals surface area (Å²) in [6.07, 6.45) is 11.3. The second-order valence-electron chi connectivity index (χ2n) is 8.53. The standard InChI is InChI=1S/C25H42N4O2/c1-4-26-25(27-17-9-10-19-31-23-14-7-5-6-8-15-23)28-18-16-21-12-11-13-22(20-21)24(30)29(2)3/h11-13,20,23H,4-10,14-19H2,1-3H3,(H2,26,27,28). The number of benzene rings is 1. The predicted molar refractivity (Wildman–Crippen MR) is 129 cm³/mol. The fraction of sp³-hybridized carbons (Fsp3) is 0.680.